The van der Waals surface area contributed by atoms with E-state index in [0.717, 1.165) is 11.8 Å². The average molecular weight is 357 g/mol. The molecule has 0 fully saturated rings. The smallest absolute Gasteiger partial charge is 0.411 e. The Bertz CT molecular complexity index is 980. The van der Waals surface area contributed by atoms with Crippen molar-refractivity contribution in [3.8, 4) is 11.1 Å². The number of benzene rings is 3. The molecule has 0 aliphatic heterocycles. The highest BCUT2D eigenvalue weighted by atomic mass is 16.5. The van der Waals surface area contributed by atoms with Gasteiger partial charge in [0.25, 0.3) is 0 Å². The summed E-state index contributed by atoms with van der Waals surface area (Å²) in [5.41, 5.74) is 6.69. The predicted octanol–water partition coefficient (Wildman–Crippen LogP) is 5.17. The van der Waals surface area contributed by atoms with Crippen molar-refractivity contribution >= 4 is 18.1 Å². The number of ether oxygens (including phenoxy) is 1. The largest absolute Gasteiger partial charge is 0.448 e. The first-order valence-electron chi connectivity index (χ1n) is 8.85. The molecule has 1 N–H and O–H groups in total. The Morgan fingerprint density at radius 3 is 2.26 bits per heavy atom. The molecule has 134 valence electrons. The lowest BCUT2D eigenvalue weighted by atomic mass is 9.98. The molecule has 1 aliphatic rings. The minimum absolute atomic E-state index is 0.0190. The molecule has 0 bridgehead atoms. The van der Waals surface area contributed by atoms with Gasteiger partial charge in [0, 0.05) is 17.2 Å². The minimum Gasteiger partial charge on any atom is -0.448 e. The van der Waals surface area contributed by atoms with Gasteiger partial charge in [-0.3, -0.25) is 10.1 Å². The number of aldehydes is 1. The third-order valence-electron chi connectivity index (χ3n) is 4.98. The van der Waals surface area contributed by atoms with Gasteiger partial charge in [0.15, 0.2) is 0 Å². The molecule has 0 unspecified atom stereocenters. The number of hydrogen-bond donors (Lipinski definition) is 1. The zero-order valence-corrected chi connectivity index (χ0v) is 14.9. The van der Waals surface area contributed by atoms with E-state index >= 15 is 0 Å². The molecule has 0 heterocycles. The number of aryl methyl sites for hydroxylation is 1. The summed E-state index contributed by atoms with van der Waals surface area (Å²) >= 11 is 0. The summed E-state index contributed by atoms with van der Waals surface area (Å²) in [5.74, 6) is 0.0190. The molecule has 0 aromatic heterocycles. The van der Waals surface area contributed by atoms with Crippen molar-refractivity contribution in [2.45, 2.75) is 12.8 Å². The first kappa shape index (κ1) is 17.0. The van der Waals surface area contributed by atoms with Crippen LogP contribution in [0, 0.1) is 6.92 Å². The van der Waals surface area contributed by atoms with E-state index in [0.29, 0.717) is 11.3 Å². The van der Waals surface area contributed by atoms with E-state index in [1.54, 1.807) is 18.2 Å². The standard InChI is InChI=1S/C23H19NO3/c1-15-10-11-16(13-25)12-22(15)24-23(26)27-14-21-19-8-4-2-6-17(19)18-7-3-5-9-20(18)21/h2-13,21H,14H2,1H3,(H,24,26). The fourth-order valence-corrected chi connectivity index (χ4v) is 3.59. The molecule has 0 saturated carbocycles. The summed E-state index contributed by atoms with van der Waals surface area (Å²) in [4.78, 5) is 23.3. The molecule has 0 radical (unpaired) electrons. The molecule has 4 heteroatoms. The molecule has 3 aromatic rings. The van der Waals surface area contributed by atoms with Crippen molar-refractivity contribution in [1.82, 2.24) is 0 Å². The Morgan fingerprint density at radius 2 is 1.63 bits per heavy atom. The topological polar surface area (TPSA) is 55.4 Å². The van der Waals surface area contributed by atoms with Gasteiger partial charge in [-0.15, -0.1) is 0 Å². The van der Waals surface area contributed by atoms with E-state index in [-0.39, 0.29) is 12.5 Å². The third kappa shape index (κ3) is 3.22. The number of carbonyl (C=O) groups excluding carboxylic acids is 2. The third-order valence-corrected chi connectivity index (χ3v) is 4.98. The van der Waals surface area contributed by atoms with Crippen molar-refractivity contribution in [2.75, 3.05) is 11.9 Å². The van der Waals surface area contributed by atoms with Crippen LogP contribution in [0.3, 0.4) is 0 Å². The highest BCUT2D eigenvalue weighted by Crippen LogP contribution is 2.44. The highest BCUT2D eigenvalue weighted by molar-refractivity contribution is 5.88. The van der Waals surface area contributed by atoms with Crippen LogP contribution in [-0.2, 0) is 4.74 Å². The van der Waals surface area contributed by atoms with Crippen LogP contribution in [0.5, 0.6) is 0 Å². The molecule has 0 spiro atoms. The van der Waals surface area contributed by atoms with Gasteiger partial charge < -0.3 is 4.74 Å². The highest BCUT2D eigenvalue weighted by Gasteiger charge is 2.29. The van der Waals surface area contributed by atoms with Crippen LogP contribution in [0.1, 0.15) is 33.0 Å². The number of nitrogens with one attached hydrogen (secondary N) is 1. The molecule has 4 rings (SSSR count). The number of fused-ring (bicyclic) bond motifs is 3. The fraction of sp³-hybridized carbons (Fsp3) is 0.130. The second-order valence-electron chi connectivity index (χ2n) is 6.64. The second kappa shape index (κ2) is 7.08. The van der Waals surface area contributed by atoms with E-state index < -0.39 is 6.09 Å². The summed E-state index contributed by atoms with van der Waals surface area (Å²) < 4.78 is 5.53. The van der Waals surface area contributed by atoms with Crippen LogP contribution in [0.2, 0.25) is 0 Å². The lowest BCUT2D eigenvalue weighted by molar-refractivity contribution is 0.112. The Balaban J connectivity index is 1.51. The summed E-state index contributed by atoms with van der Waals surface area (Å²) in [6.45, 7) is 2.12. The Hall–Kier alpha value is -3.40. The SMILES string of the molecule is Cc1ccc(C=O)cc1NC(=O)OCC1c2ccccc2-c2ccccc21. The van der Waals surface area contributed by atoms with Crippen molar-refractivity contribution in [3.05, 3.63) is 89.0 Å². The van der Waals surface area contributed by atoms with Crippen LogP contribution in [0.4, 0.5) is 10.5 Å². The molecule has 1 aliphatic carbocycles. The zero-order chi connectivity index (χ0) is 18.8. The summed E-state index contributed by atoms with van der Waals surface area (Å²) in [6.07, 6.45) is 0.227. The lowest BCUT2D eigenvalue weighted by Crippen LogP contribution is -2.18. The van der Waals surface area contributed by atoms with Gasteiger partial charge in [0.1, 0.15) is 12.9 Å². The molecule has 0 saturated heterocycles. The van der Waals surface area contributed by atoms with Crippen molar-refractivity contribution in [2.24, 2.45) is 0 Å². The minimum atomic E-state index is -0.525. The second-order valence-corrected chi connectivity index (χ2v) is 6.64. The van der Waals surface area contributed by atoms with Crippen molar-refractivity contribution in [3.63, 3.8) is 0 Å². The van der Waals surface area contributed by atoms with E-state index in [2.05, 4.69) is 29.6 Å². The predicted molar refractivity (Wildman–Crippen MR) is 105 cm³/mol. The number of anilines is 1. The van der Waals surface area contributed by atoms with Crippen LogP contribution in [-0.4, -0.2) is 19.0 Å². The van der Waals surface area contributed by atoms with Crippen molar-refractivity contribution in [1.29, 1.82) is 0 Å². The van der Waals surface area contributed by atoms with E-state index in [9.17, 15) is 9.59 Å². The lowest BCUT2D eigenvalue weighted by Gasteiger charge is -2.15. The number of amides is 1. The van der Waals surface area contributed by atoms with E-state index in [4.69, 9.17) is 4.74 Å². The van der Waals surface area contributed by atoms with Gasteiger partial charge in [0.2, 0.25) is 0 Å². The van der Waals surface area contributed by atoms with Crippen molar-refractivity contribution < 1.29 is 14.3 Å². The van der Waals surface area contributed by atoms with Gasteiger partial charge in [-0.25, -0.2) is 4.79 Å². The molecule has 3 aromatic carbocycles. The normalized spacial score (nSPS) is 12.2. The monoisotopic (exact) mass is 357 g/mol. The summed E-state index contributed by atoms with van der Waals surface area (Å²) in [7, 11) is 0. The Morgan fingerprint density at radius 1 is 1.00 bits per heavy atom. The first-order valence-corrected chi connectivity index (χ1v) is 8.85. The Kier molecular flexibility index (Phi) is 4.47. The van der Waals surface area contributed by atoms with Gasteiger partial charge in [-0.1, -0.05) is 60.7 Å². The summed E-state index contributed by atoms with van der Waals surface area (Å²) in [6, 6.07) is 21.6. The quantitative estimate of drug-likeness (QED) is 0.656. The number of carbonyl (C=O) groups is 2. The molecular weight excluding hydrogens is 338 g/mol. The van der Waals surface area contributed by atoms with Gasteiger partial charge in [0.05, 0.1) is 0 Å². The molecule has 4 nitrogen and oxygen atoms in total. The molecule has 1 amide bonds. The fourth-order valence-electron chi connectivity index (χ4n) is 3.59. The zero-order valence-electron chi connectivity index (χ0n) is 14.9. The van der Waals surface area contributed by atoms with Gasteiger partial charge in [-0.05, 0) is 40.8 Å². The van der Waals surface area contributed by atoms with Gasteiger partial charge in [-0.2, -0.15) is 0 Å². The maximum Gasteiger partial charge on any atom is 0.411 e. The van der Waals surface area contributed by atoms with E-state index in [1.807, 2.05) is 31.2 Å². The maximum atomic E-state index is 12.3. The first-order chi connectivity index (χ1) is 13.2. The number of rotatable bonds is 4. The molecular formula is C23H19NO3. The molecule has 27 heavy (non-hydrogen) atoms. The van der Waals surface area contributed by atoms with Crippen LogP contribution < -0.4 is 5.32 Å². The Labute approximate surface area is 157 Å². The molecule has 0 atom stereocenters. The van der Waals surface area contributed by atoms with Crippen LogP contribution in [0.25, 0.3) is 11.1 Å². The van der Waals surface area contributed by atoms with Crippen LogP contribution in [0.15, 0.2) is 66.7 Å². The maximum absolute atomic E-state index is 12.3. The average Bonchev–Trinajstić information content (AvgIpc) is 3.02. The van der Waals surface area contributed by atoms with Crippen LogP contribution >= 0.6 is 0 Å². The van der Waals surface area contributed by atoms with Gasteiger partial charge >= 0.3 is 6.09 Å². The number of hydrogen-bond acceptors (Lipinski definition) is 3. The van der Waals surface area contributed by atoms with E-state index in [1.165, 1.54) is 22.3 Å². The summed E-state index contributed by atoms with van der Waals surface area (Å²) in [5, 5.41) is 2.74.